The lowest BCUT2D eigenvalue weighted by atomic mass is 10.2. The molecular weight excluding hydrogens is 312 g/mol. The third-order valence-electron chi connectivity index (χ3n) is 3.26. The number of pyridine rings is 1. The molecule has 24 heavy (non-hydrogen) atoms. The predicted octanol–water partition coefficient (Wildman–Crippen LogP) is 1.17. The Morgan fingerprint density at radius 2 is 1.96 bits per heavy atom. The maximum absolute atomic E-state index is 12.4. The second-order valence-corrected chi connectivity index (χ2v) is 5.14. The van der Waals surface area contributed by atoms with E-state index in [1.165, 1.54) is 10.9 Å². The van der Waals surface area contributed by atoms with E-state index < -0.39 is 11.9 Å². The number of hydrogen-bond donors (Lipinski definition) is 2. The van der Waals surface area contributed by atoms with Gasteiger partial charge in [-0.3, -0.25) is 14.2 Å². The van der Waals surface area contributed by atoms with Crippen molar-refractivity contribution in [1.82, 2.24) is 24.5 Å². The highest BCUT2D eigenvalue weighted by atomic mass is 16.4. The van der Waals surface area contributed by atoms with E-state index in [0.29, 0.717) is 5.69 Å². The van der Waals surface area contributed by atoms with Crippen LogP contribution in [0.4, 0.5) is 5.69 Å². The molecule has 0 fully saturated rings. The van der Waals surface area contributed by atoms with Gasteiger partial charge in [0, 0.05) is 32.1 Å². The summed E-state index contributed by atoms with van der Waals surface area (Å²) in [7, 11) is 3.36. The Balaban J connectivity index is 1.87. The molecule has 0 unspecified atom stereocenters. The third-order valence-corrected chi connectivity index (χ3v) is 3.26. The zero-order valence-corrected chi connectivity index (χ0v) is 13.0. The SMILES string of the molecule is Cn1cc(-c2cccc(C(=O)Nc3cn(C)nc3C(=O)O)n2)cn1. The van der Waals surface area contributed by atoms with Gasteiger partial charge in [0.05, 0.1) is 17.6 Å². The molecule has 0 saturated heterocycles. The standard InChI is InChI=1S/C15H14N6O3/c1-20-7-9(6-16-20)10-4-3-5-11(17-10)14(22)18-12-8-21(2)19-13(12)15(23)24/h3-8H,1-2H3,(H,18,22)(H,23,24). The first-order valence-corrected chi connectivity index (χ1v) is 6.98. The molecule has 3 heterocycles. The highest BCUT2D eigenvalue weighted by Gasteiger charge is 2.18. The van der Waals surface area contributed by atoms with Gasteiger partial charge < -0.3 is 10.4 Å². The Hall–Kier alpha value is -3.49. The highest BCUT2D eigenvalue weighted by molar-refractivity contribution is 6.06. The molecule has 0 spiro atoms. The molecule has 0 radical (unpaired) electrons. The van der Waals surface area contributed by atoms with E-state index in [4.69, 9.17) is 5.11 Å². The van der Waals surface area contributed by atoms with Crippen LogP contribution in [-0.4, -0.2) is 41.5 Å². The zero-order chi connectivity index (χ0) is 17.3. The number of carboxylic acid groups (broad SMARTS) is 1. The summed E-state index contributed by atoms with van der Waals surface area (Å²) >= 11 is 0. The lowest BCUT2D eigenvalue weighted by molar-refractivity contribution is 0.0690. The number of aromatic nitrogens is 5. The first-order chi connectivity index (χ1) is 11.4. The van der Waals surface area contributed by atoms with Crippen LogP contribution < -0.4 is 5.32 Å². The summed E-state index contributed by atoms with van der Waals surface area (Å²) in [5, 5.41) is 19.5. The molecule has 0 atom stereocenters. The van der Waals surface area contributed by atoms with E-state index in [1.54, 1.807) is 49.4 Å². The molecule has 3 aromatic heterocycles. The molecule has 0 bridgehead atoms. The fourth-order valence-electron chi connectivity index (χ4n) is 2.20. The topological polar surface area (TPSA) is 115 Å². The Bertz CT molecular complexity index is 927. The number of nitrogens with one attached hydrogen (secondary N) is 1. The third kappa shape index (κ3) is 3.00. The summed E-state index contributed by atoms with van der Waals surface area (Å²) in [6.07, 6.45) is 4.85. The number of rotatable bonds is 4. The van der Waals surface area contributed by atoms with Crippen molar-refractivity contribution in [3.8, 4) is 11.3 Å². The van der Waals surface area contributed by atoms with E-state index in [1.807, 2.05) is 0 Å². The smallest absolute Gasteiger partial charge is 0.358 e. The number of anilines is 1. The normalized spacial score (nSPS) is 10.6. The monoisotopic (exact) mass is 326 g/mol. The van der Waals surface area contributed by atoms with Crippen LogP contribution in [0.2, 0.25) is 0 Å². The number of hydrogen-bond acceptors (Lipinski definition) is 5. The van der Waals surface area contributed by atoms with Crippen molar-refractivity contribution in [2.75, 3.05) is 5.32 Å². The summed E-state index contributed by atoms with van der Waals surface area (Å²) < 4.78 is 2.96. The molecule has 3 aromatic rings. The van der Waals surface area contributed by atoms with Crippen LogP contribution in [0.25, 0.3) is 11.3 Å². The van der Waals surface area contributed by atoms with Gasteiger partial charge >= 0.3 is 5.97 Å². The second-order valence-electron chi connectivity index (χ2n) is 5.14. The first kappa shape index (κ1) is 15.4. The maximum atomic E-state index is 12.4. The molecule has 3 rings (SSSR count). The average Bonchev–Trinajstić information content (AvgIpc) is 3.13. The van der Waals surface area contributed by atoms with Gasteiger partial charge in [-0.1, -0.05) is 6.07 Å². The Morgan fingerprint density at radius 1 is 1.17 bits per heavy atom. The van der Waals surface area contributed by atoms with Crippen LogP contribution in [0.15, 0.2) is 36.8 Å². The second kappa shape index (κ2) is 5.95. The van der Waals surface area contributed by atoms with E-state index >= 15 is 0 Å². The molecule has 1 amide bonds. The highest BCUT2D eigenvalue weighted by Crippen LogP contribution is 2.18. The van der Waals surface area contributed by atoms with Crippen molar-refractivity contribution in [3.05, 3.63) is 48.2 Å². The van der Waals surface area contributed by atoms with E-state index in [0.717, 1.165) is 5.56 Å². The van der Waals surface area contributed by atoms with Crippen LogP contribution in [-0.2, 0) is 14.1 Å². The first-order valence-electron chi connectivity index (χ1n) is 6.98. The van der Waals surface area contributed by atoms with Crippen LogP contribution >= 0.6 is 0 Å². The molecule has 0 aliphatic rings. The zero-order valence-electron chi connectivity index (χ0n) is 13.0. The predicted molar refractivity (Wildman–Crippen MR) is 84.6 cm³/mol. The van der Waals surface area contributed by atoms with Gasteiger partial charge in [-0.15, -0.1) is 0 Å². The minimum absolute atomic E-state index is 0.114. The number of aromatic carboxylic acids is 1. The van der Waals surface area contributed by atoms with Crippen molar-refractivity contribution >= 4 is 17.6 Å². The fourth-order valence-corrected chi connectivity index (χ4v) is 2.20. The van der Waals surface area contributed by atoms with E-state index in [2.05, 4.69) is 20.5 Å². The fraction of sp³-hybridized carbons (Fsp3) is 0.133. The Kier molecular flexibility index (Phi) is 3.82. The molecule has 122 valence electrons. The van der Waals surface area contributed by atoms with Gasteiger partial charge in [-0.05, 0) is 12.1 Å². The summed E-state index contributed by atoms with van der Waals surface area (Å²) in [4.78, 5) is 27.8. The van der Waals surface area contributed by atoms with Crippen molar-refractivity contribution in [3.63, 3.8) is 0 Å². The Morgan fingerprint density at radius 3 is 2.62 bits per heavy atom. The maximum Gasteiger partial charge on any atom is 0.358 e. The van der Waals surface area contributed by atoms with Crippen molar-refractivity contribution in [1.29, 1.82) is 0 Å². The molecule has 0 aromatic carbocycles. The number of carboxylic acids is 1. The summed E-state index contributed by atoms with van der Waals surface area (Å²) in [6.45, 7) is 0. The molecular formula is C15H14N6O3. The van der Waals surface area contributed by atoms with Gasteiger partial charge in [-0.2, -0.15) is 10.2 Å². The minimum Gasteiger partial charge on any atom is -0.476 e. The number of carbonyl (C=O) groups is 2. The largest absolute Gasteiger partial charge is 0.476 e. The van der Waals surface area contributed by atoms with Gasteiger partial charge in [0.2, 0.25) is 0 Å². The summed E-state index contributed by atoms with van der Waals surface area (Å²) in [5.41, 5.74) is 1.43. The molecule has 0 aliphatic heterocycles. The van der Waals surface area contributed by atoms with Crippen LogP contribution in [0.1, 0.15) is 21.0 Å². The van der Waals surface area contributed by atoms with Crippen molar-refractivity contribution in [2.45, 2.75) is 0 Å². The lowest BCUT2D eigenvalue weighted by Crippen LogP contribution is -2.15. The summed E-state index contributed by atoms with van der Waals surface area (Å²) in [5.74, 6) is -1.74. The molecule has 9 heteroatoms. The summed E-state index contributed by atoms with van der Waals surface area (Å²) in [6, 6.07) is 5.01. The molecule has 0 aliphatic carbocycles. The van der Waals surface area contributed by atoms with E-state index in [-0.39, 0.29) is 17.1 Å². The van der Waals surface area contributed by atoms with Gasteiger partial charge in [0.1, 0.15) is 5.69 Å². The molecule has 9 nitrogen and oxygen atoms in total. The number of aryl methyl sites for hydroxylation is 2. The average molecular weight is 326 g/mol. The molecule has 0 saturated carbocycles. The van der Waals surface area contributed by atoms with E-state index in [9.17, 15) is 9.59 Å². The number of nitrogens with zero attached hydrogens (tertiary/aromatic N) is 5. The Labute approximate surface area is 136 Å². The van der Waals surface area contributed by atoms with Crippen molar-refractivity contribution < 1.29 is 14.7 Å². The molecule has 2 N–H and O–H groups in total. The minimum atomic E-state index is -1.22. The van der Waals surface area contributed by atoms with Crippen LogP contribution in [0.5, 0.6) is 0 Å². The van der Waals surface area contributed by atoms with Gasteiger partial charge in [-0.25, -0.2) is 9.78 Å². The van der Waals surface area contributed by atoms with Gasteiger partial charge in [0.15, 0.2) is 5.69 Å². The van der Waals surface area contributed by atoms with Crippen LogP contribution in [0.3, 0.4) is 0 Å². The van der Waals surface area contributed by atoms with Crippen LogP contribution in [0, 0.1) is 0 Å². The number of carbonyl (C=O) groups excluding carboxylic acids is 1. The van der Waals surface area contributed by atoms with Crippen molar-refractivity contribution in [2.24, 2.45) is 14.1 Å². The number of amides is 1. The quantitative estimate of drug-likeness (QED) is 0.743. The lowest BCUT2D eigenvalue weighted by Gasteiger charge is -2.04. The van der Waals surface area contributed by atoms with Gasteiger partial charge in [0.25, 0.3) is 5.91 Å².